The van der Waals surface area contributed by atoms with Crippen molar-refractivity contribution in [1.82, 2.24) is 0 Å². The molecule has 4 heteroatoms. The van der Waals surface area contributed by atoms with Crippen molar-refractivity contribution >= 4 is 11.6 Å². The van der Waals surface area contributed by atoms with Crippen molar-refractivity contribution in [2.45, 2.75) is 26.2 Å². The quantitative estimate of drug-likeness (QED) is 0.941. The highest BCUT2D eigenvalue weighted by atomic mass is 16.7. The Bertz CT molecular complexity index is 722. The van der Waals surface area contributed by atoms with Crippen molar-refractivity contribution < 1.29 is 14.3 Å². The van der Waals surface area contributed by atoms with Gasteiger partial charge in [0, 0.05) is 5.69 Å². The van der Waals surface area contributed by atoms with Crippen molar-refractivity contribution in [3.05, 3.63) is 53.6 Å². The van der Waals surface area contributed by atoms with Crippen LogP contribution < -0.4 is 14.8 Å². The first-order chi connectivity index (χ1) is 10.5. The van der Waals surface area contributed by atoms with E-state index >= 15 is 0 Å². The molecule has 1 amide bonds. The molecule has 0 fully saturated rings. The molecule has 0 saturated carbocycles. The number of benzene rings is 2. The SMILES string of the molecule is Cc1cccc(NC(=O)C(C)(C)c2ccc3c(c2)OCO3)c1. The maximum atomic E-state index is 12.7. The summed E-state index contributed by atoms with van der Waals surface area (Å²) in [4.78, 5) is 12.7. The summed E-state index contributed by atoms with van der Waals surface area (Å²) in [6.45, 7) is 6.03. The van der Waals surface area contributed by atoms with Crippen molar-refractivity contribution in [3.63, 3.8) is 0 Å². The average molecular weight is 297 g/mol. The van der Waals surface area contributed by atoms with Crippen LogP contribution in [-0.4, -0.2) is 12.7 Å². The molecule has 0 bridgehead atoms. The van der Waals surface area contributed by atoms with Crippen molar-refractivity contribution in [2.75, 3.05) is 12.1 Å². The highest BCUT2D eigenvalue weighted by molar-refractivity contribution is 5.98. The van der Waals surface area contributed by atoms with E-state index in [1.807, 2.05) is 63.2 Å². The molecule has 114 valence electrons. The number of rotatable bonds is 3. The maximum Gasteiger partial charge on any atom is 0.234 e. The molecule has 1 heterocycles. The van der Waals surface area contributed by atoms with Gasteiger partial charge in [-0.1, -0.05) is 18.2 Å². The van der Waals surface area contributed by atoms with Crippen LogP contribution in [0.4, 0.5) is 5.69 Å². The number of hydrogen-bond donors (Lipinski definition) is 1. The van der Waals surface area contributed by atoms with E-state index in [9.17, 15) is 4.79 Å². The minimum absolute atomic E-state index is 0.0584. The minimum atomic E-state index is -0.676. The fourth-order valence-electron chi connectivity index (χ4n) is 2.43. The molecule has 1 N–H and O–H groups in total. The van der Waals surface area contributed by atoms with Gasteiger partial charge in [-0.2, -0.15) is 0 Å². The molecule has 0 unspecified atom stereocenters. The fourth-order valence-corrected chi connectivity index (χ4v) is 2.43. The zero-order valence-corrected chi connectivity index (χ0v) is 13.0. The molecular weight excluding hydrogens is 278 g/mol. The number of ether oxygens (including phenoxy) is 2. The summed E-state index contributed by atoms with van der Waals surface area (Å²) in [7, 11) is 0. The van der Waals surface area contributed by atoms with Crippen molar-refractivity contribution in [3.8, 4) is 11.5 Å². The molecule has 0 aromatic heterocycles. The Morgan fingerprint density at radius 2 is 1.86 bits per heavy atom. The summed E-state index contributed by atoms with van der Waals surface area (Å²) in [5, 5.41) is 2.98. The van der Waals surface area contributed by atoms with Crippen LogP contribution in [0.2, 0.25) is 0 Å². The smallest absolute Gasteiger partial charge is 0.234 e. The van der Waals surface area contributed by atoms with Gasteiger partial charge in [0.2, 0.25) is 12.7 Å². The van der Waals surface area contributed by atoms with Gasteiger partial charge in [0.05, 0.1) is 5.41 Å². The van der Waals surface area contributed by atoms with E-state index in [0.717, 1.165) is 22.6 Å². The van der Waals surface area contributed by atoms with E-state index in [2.05, 4.69) is 5.32 Å². The Hall–Kier alpha value is -2.49. The lowest BCUT2D eigenvalue weighted by molar-refractivity contribution is -0.120. The molecular formula is C18H19NO3. The van der Waals surface area contributed by atoms with Crippen LogP contribution >= 0.6 is 0 Å². The fraction of sp³-hybridized carbons (Fsp3) is 0.278. The molecule has 0 saturated heterocycles. The predicted octanol–water partition coefficient (Wildman–Crippen LogP) is 3.64. The second kappa shape index (κ2) is 5.37. The molecule has 1 aliphatic heterocycles. The molecule has 0 spiro atoms. The number of aryl methyl sites for hydroxylation is 1. The van der Waals surface area contributed by atoms with Gasteiger partial charge in [-0.3, -0.25) is 4.79 Å². The second-order valence-electron chi connectivity index (χ2n) is 6.02. The molecule has 0 atom stereocenters. The minimum Gasteiger partial charge on any atom is -0.454 e. The topological polar surface area (TPSA) is 47.6 Å². The third kappa shape index (κ3) is 2.64. The van der Waals surface area contributed by atoms with Crippen LogP contribution in [0.1, 0.15) is 25.0 Å². The van der Waals surface area contributed by atoms with Crippen LogP contribution in [0.15, 0.2) is 42.5 Å². The summed E-state index contributed by atoms with van der Waals surface area (Å²) in [5.41, 5.74) is 2.13. The summed E-state index contributed by atoms with van der Waals surface area (Å²) in [6, 6.07) is 13.4. The summed E-state index contributed by atoms with van der Waals surface area (Å²) in [5.74, 6) is 1.35. The van der Waals surface area contributed by atoms with Gasteiger partial charge in [0.1, 0.15) is 0 Å². The zero-order chi connectivity index (χ0) is 15.7. The number of carbonyl (C=O) groups is 1. The van der Waals surface area contributed by atoms with Crippen molar-refractivity contribution in [2.24, 2.45) is 0 Å². The van der Waals surface area contributed by atoms with Gasteiger partial charge in [0.25, 0.3) is 0 Å². The van der Waals surface area contributed by atoms with Crippen LogP contribution in [0.5, 0.6) is 11.5 Å². The number of nitrogens with one attached hydrogen (secondary N) is 1. The van der Waals surface area contributed by atoms with Gasteiger partial charge in [-0.05, 0) is 56.2 Å². The zero-order valence-electron chi connectivity index (χ0n) is 13.0. The Balaban J connectivity index is 1.84. The van der Waals surface area contributed by atoms with Crippen LogP contribution in [0.25, 0.3) is 0 Å². The van der Waals surface area contributed by atoms with Crippen LogP contribution in [-0.2, 0) is 10.2 Å². The number of fused-ring (bicyclic) bond motifs is 1. The second-order valence-corrected chi connectivity index (χ2v) is 6.02. The monoisotopic (exact) mass is 297 g/mol. The van der Waals surface area contributed by atoms with E-state index < -0.39 is 5.41 Å². The first-order valence-electron chi connectivity index (χ1n) is 7.25. The van der Waals surface area contributed by atoms with E-state index in [1.165, 1.54) is 0 Å². The summed E-state index contributed by atoms with van der Waals surface area (Å²) in [6.07, 6.45) is 0. The molecule has 2 aromatic carbocycles. The molecule has 1 aliphatic rings. The average Bonchev–Trinajstić information content (AvgIpc) is 2.94. The van der Waals surface area contributed by atoms with E-state index in [1.54, 1.807) is 0 Å². The maximum absolute atomic E-state index is 12.7. The van der Waals surface area contributed by atoms with Crippen LogP contribution in [0.3, 0.4) is 0 Å². The first kappa shape index (κ1) is 14.4. The third-order valence-corrected chi connectivity index (χ3v) is 3.94. The Labute approximate surface area is 130 Å². The van der Waals surface area contributed by atoms with Gasteiger partial charge >= 0.3 is 0 Å². The molecule has 2 aromatic rings. The van der Waals surface area contributed by atoms with Gasteiger partial charge in [-0.15, -0.1) is 0 Å². The molecule has 0 radical (unpaired) electrons. The number of anilines is 1. The third-order valence-electron chi connectivity index (χ3n) is 3.94. The Morgan fingerprint density at radius 3 is 2.64 bits per heavy atom. The van der Waals surface area contributed by atoms with E-state index in [0.29, 0.717) is 5.75 Å². The first-order valence-corrected chi connectivity index (χ1v) is 7.25. The lowest BCUT2D eigenvalue weighted by Crippen LogP contribution is -2.34. The summed E-state index contributed by atoms with van der Waals surface area (Å²) >= 11 is 0. The predicted molar refractivity (Wildman–Crippen MR) is 85.4 cm³/mol. The lowest BCUT2D eigenvalue weighted by Gasteiger charge is -2.24. The standard InChI is InChI=1S/C18H19NO3/c1-12-5-4-6-14(9-12)19-17(20)18(2,3)13-7-8-15-16(10-13)22-11-21-15/h4-10H,11H2,1-3H3,(H,19,20). The Morgan fingerprint density at radius 1 is 1.09 bits per heavy atom. The molecule has 4 nitrogen and oxygen atoms in total. The van der Waals surface area contributed by atoms with Crippen molar-refractivity contribution in [1.29, 1.82) is 0 Å². The van der Waals surface area contributed by atoms with Gasteiger partial charge in [-0.25, -0.2) is 0 Å². The number of hydrogen-bond acceptors (Lipinski definition) is 3. The largest absolute Gasteiger partial charge is 0.454 e. The number of carbonyl (C=O) groups excluding carboxylic acids is 1. The molecule has 3 rings (SSSR count). The van der Waals surface area contributed by atoms with E-state index in [-0.39, 0.29) is 12.7 Å². The summed E-state index contributed by atoms with van der Waals surface area (Å²) < 4.78 is 10.7. The molecule has 22 heavy (non-hydrogen) atoms. The van der Waals surface area contributed by atoms with E-state index in [4.69, 9.17) is 9.47 Å². The molecule has 0 aliphatic carbocycles. The normalized spacial score (nSPS) is 13.0. The van der Waals surface area contributed by atoms with Crippen LogP contribution in [0, 0.1) is 6.92 Å². The Kier molecular flexibility index (Phi) is 3.53. The highest BCUT2D eigenvalue weighted by Crippen LogP contribution is 2.36. The van der Waals surface area contributed by atoms with Gasteiger partial charge in [0.15, 0.2) is 11.5 Å². The van der Waals surface area contributed by atoms with Gasteiger partial charge < -0.3 is 14.8 Å². The number of amides is 1. The lowest BCUT2D eigenvalue weighted by atomic mass is 9.83. The highest BCUT2D eigenvalue weighted by Gasteiger charge is 2.31.